The molecule has 0 amide bonds. The van der Waals surface area contributed by atoms with E-state index in [1.165, 1.54) is 0 Å². The number of ether oxygens (including phenoxy) is 1. The smallest absolute Gasteiger partial charge is 0.306 e. The Hall–Kier alpha value is -1.84. The molecular formula is C20H26O4. The van der Waals surface area contributed by atoms with Crippen molar-refractivity contribution in [2.24, 2.45) is 17.3 Å². The van der Waals surface area contributed by atoms with Crippen LogP contribution in [0.4, 0.5) is 0 Å². The first-order valence-electron chi connectivity index (χ1n) is 8.79. The van der Waals surface area contributed by atoms with E-state index in [4.69, 9.17) is 9.15 Å². The van der Waals surface area contributed by atoms with E-state index in [9.17, 15) is 9.59 Å². The Bertz CT molecular complexity index is 709. The lowest BCUT2D eigenvalue weighted by atomic mass is 9.58. The number of ketones is 1. The van der Waals surface area contributed by atoms with Gasteiger partial charge in [-0.3, -0.25) is 9.59 Å². The normalized spacial score (nSPS) is 29.1. The number of fused-ring (bicyclic) bond motifs is 2. The van der Waals surface area contributed by atoms with Gasteiger partial charge >= 0.3 is 5.97 Å². The molecule has 3 unspecified atom stereocenters. The van der Waals surface area contributed by atoms with Crippen LogP contribution in [0.2, 0.25) is 0 Å². The highest BCUT2D eigenvalue weighted by molar-refractivity contribution is 6.10. The van der Waals surface area contributed by atoms with Gasteiger partial charge in [-0.1, -0.05) is 33.8 Å². The second-order valence-corrected chi connectivity index (χ2v) is 7.84. The highest BCUT2D eigenvalue weighted by Crippen LogP contribution is 2.57. The fourth-order valence-electron chi connectivity index (χ4n) is 4.07. The van der Waals surface area contributed by atoms with Crippen molar-refractivity contribution in [1.82, 2.24) is 0 Å². The third-order valence-corrected chi connectivity index (χ3v) is 5.66. The third-order valence-electron chi connectivity index (χ3n) is 5.66. The largest absolute Gasteiger partial charge is 0.460 e. The van der Waals surface area contributed by atoms with Crippen molar-refractivity contribution in [3.63, 3.8) is 0 Å². The fraction of sp³-hybridized carbons (Fsp3) is 0.600. The molecule has 130 valence electrons. The summed E-state index contributed by atoms with van der Waals surface area (Å²) >= 11 is 0. The summed E-state index contributed by atoms with van der Waals surface area (Å²) in [6.45, 7) is 10.1. The lowest BCUT2D eigenvalue weighted by molar-refractivity contribution is -0.158. The summed E-state index contributed by atoms with van der Waals surface area (Å²) in [6.07, 6.45) is 5.37. The molecule has 1 aromatic rings. The van der Waals surface area contributed by atoms with Crippen molar-refractivity contribution in [2.75, 3.05) is 0 Å². The molecule has 0 radical (unpaired) electrons. The molecule has 1 aromatic heterocycles. The lowest BCUT2D eigenvalue weighted by Crippen LogP contribution is -2.45. The van der Waals surface area contributed by atoms with E-state index >= 15 is 0 Å². The van der Waals surface area contributed by atoms with Crippen LogP contribution in [-0.2, 0) is 9.53 Å². The second-order valence-electron chi connectivity index (χ2n) is 7.84. The minimum Gasteiger partial charge on any atom is -0.460 e. The summed E-state index contributed by atoms with van der Waals surface area (Å²) in [4.78, 5) is 25.3. The van der Waals surface area contributed by atoms with E-state index in [1.807, 2.05) is 26.8 Å². The van der Waals surface area contributed by atoms with Crippen molar-refractivity contribution in [1.29, 1.82) is 0 Å². The van der Waals surface area contributed by atoms with Gasteiger partial charge in [-0.05, 0) is 37.2 Å². The number of rotatable bonds is 3. The van der Waals surface area contributed by atoms with Gasteiger partial charge in [0, 0.05) is 23.0 Å². The van der Waals surface area contributed by atoms with E-state index in [-0.39, 0.29) is 23.6 Å². The molecule has 0 spiro atoms. The predicted molar refractivity (Wildman–Crippen MR) is 90.7 cm³/mol. The zero-order valence-electron chi connectivity index (χ0n) is 15.1. The van der Waals surface area contributed by atoms with Crippen LogP contribution in [-0.4, -0.2) is 11.8 Å². The Morgan fingerprint density at radius 1 is 1.46 bits per heavy atom. The Morgan fingerprint density at radius 3 is 2.83 bits per heavy atom. The summed E-state index contributed by atoms with van der Waals surface area (Å²) in [5.41, 5.74) is 1.87. The van der Waals surface area contributed by atoms with Crippen molar-refractivity contribution in [3.8, 4) is 0 Å². The van der Waals surface area contributed by atoms with Gasteiger partial charge in [-0.15, -0.1) is 0 Å². The van der Waals surface area contributed by atoms with Crippen molar-refractivity contribution in [3.05, 3.63) is 34.8 Å². The summed E-state index contributed by atoms with van der Waals surface area (Å²) in [5.74, 6) is 0.560. The van der Waals surface area contributed by atoms with Gasteiger partial charge in [0.25, 0.3) is 0 Å². The van der Waals surface area contributed by atoms with Crippen LogP contribution in [0.25, 0.3) is 0 Å². The number of Topliss-reactive ketones (excluding diaryl/α,β-unsaturated/α-hetero) is 1. The summed E-state index contributed by atoms with van der Waals surface area (Å²) in [7, 11) is 0. The first-order valence-corrected chi connectivity index (χ1v) is 8.79. The molecular weight excluding hydrogens is 304 g/mol. The maximum atomic E-state index is 12.9. The van der Waals surface area contributed by atoms with Crippen LogP contribution in [0.1, 0.15) is 74.7 Å². The molecule has 0 saturated heterocycles. The summed E-state index contributed by atoms with van der Waals surface area (Å²) in [6, 6.07) is 0. The molecule has 0 bridgehead atoms. The Kier molecular flexibility index (Phi) is 4.18. The zero-order valence-corrected chi connectivity index (χ0v) is 15.1. The SMILES string of the molecule is Cc1coc2c1C(OC(=O)CC(C)C)C1(C)C(=CCCC1C)C2=O. The number of carbonyl (C=O) groups is 2. The maximum absolute atomic E-state index is 12.9. The molecule has 0 fully saturated rings. The number of furan rings is 1. The van der Waals surface area contributed by atoms with Gasteiger partial charge in [0.1, 0.15) is 6.10 Å². The number of aryl methyl sites for hydroxylation is 1. The number of carbonyl (C=O) groups excluding carboxylic acids is 2. The standard InChI is InChI=1S/C20H26O4/c1-11(2)9-15(21)24-19-16-12(3)10-23-18(16)17(22)14-8-6-7-13(4)20(14,19)5/h8,10-11,13,19H,6-7,9H2,1-5H3. The van der Waals surface area contributed by atoms with Gasteiger partial charge in [-0.2, -0.15) is 0 Å². The molecule has 2 aliphatic rings. The molecule has 4 nitrogen and oxygen atoms in total. The zero-order chi connectivity index (χ0) is 17.6. The molecule has 1 heterocycles. The van der Waals surface area contributed by atoms with E-state index in [2.05, 4.69) is 13.8 Å². The Morgan fingerprint density at radius 2 is 2.17 bits per heavy atom. The molecule has 4 heteroatoms. The molecule has 2 aliphatic carbocycles. The molecule has 0 N–H and O–H groups in total. The molecule has 0 aliphatic heterocycles. The van der Waals surface area contributed by atoms with Gasteiger partial charge < -0.3 is 9.15 Å². The van der Waals surface area contributed by atoms with Crippen LogP contribution in [0.3, 0.4) is 0 Å². The first-order chi connectivity index (χ1) is 11.3. The fourth-order valence-corrected chi connectivity index (χ4v) is 4.07. The van der Waals surface area contributed by atoms with Gasteiger partial charge in [0.2, 0.25) is 5.78 Å². The van der Waals surface area contributed by atoms with E-state index in [0.29, 0.717) is 12.2 Å². The molecule has 24 heavy (non-hydrogen) atoms. The summed E-state index contributed by atoms with van der Waals surface area (Å²) < 4.78 is 11.5. The van der Waals surface area contributed by atoms with Gasteiger partial charge in [-0.25, -0.2) is 0 Å². The number of hydrogen-bond acceptors (Lipinski definition) is 4. The lowest BCUT2D eigenvalue weighted by Gasteiger charge is -2.47. The van der Waals surface area contributed by atoms with Gasteiger partial charge in [0.05, 0.1) is 6.26 Å². The predicted octanol–water partition coefficient (Wildman–Crippen LogP) is 4.78. The van der Waals surface area contributed by atoms with Gasteiger partial charge in [0.15, 0.2) is 5.76 Å². The average Bonchev–Trinajstić information content (AvgIpc) is 2.87. The molecule has 3 atom stereocenters. The highest BCUT2D eigenvalue weighted by Gasteiger charge is 2.55. The summed E-state index contributed by atoms with van der Waals surface area (Å²) in [5, 5.41) is 0. The first kappa shape index (κ1) is 17.0. The Labute approximate surface area is 143 Å². The maximum Gasteiger partial charge on any atom is 0.306 e. The topological polar surface area (TPSA) is 56.5 Å². The monoisotopic (exact) mass is 330 g/mol. The van der Waals surface area contributed by atoms with Crippen molar-refractivity contribution < 1.29 is 18.7 Å². The number of hydrogen-bond donors (Lipinski definition) is 0. The minimum atomic E-state index is -0.496. The van der Waals surface area contributed by atoms with Crippen LogP contribution >= 0.6 is 0 Å². The second kappa shape index (κ2) is 5.91. The Balaban J connectivity index is 2.11. The van der Waals surface area contributed by atoms with Crippen LogP contribution in [0, 0.1) is 24.2 Å². The highest BCUT2D eigenvalue weighted by atomic mass is 16.5. The molecule has 0 aromatic carbocycles. The van der Waals surface area contributed by atoms with E-state index in [0.717, 1.165) is 29.5 Å². The number of allylic oxidation sites excluding steroid dienone is 1. The van der Waals surface area contributed by atoms with Crippen LogP contribution in [0.15, 0.2) is 22.3 Å². The average molecular weight is 330 g/mol. The number of esters is 1. The quantitative estimate of drug-likeness (QED) is 0.749. The molecule has 3 rings (SSSR count). The van der Waals surface area contributed by atoms with Crippen LogP contribution in [0.5, 0.6) is 0 Å². The van der Waals surface area contributed by atoms with Crippen molar-refractivity contribution in [2.45, 2.75) is 60.0 Å². The van der Waals surface area contributed by atoms with E-state index < -0.39 is 11.5 Å². The van der Waals surface area contributed by atoms with Crippen molar-refractivity contribution >= 4 is 11.8 Å². The van der Waals surface area contributed by atoms with E-state index in [1.54, 1.807) is 6.26 Å². The van der Waals surface area contributed by atoms with Crippen LogP contribution < -0.4 is 0 Å². The molecule has 0 saturated carbocycles. The minimum absolute atomic E-state index is 0.0525. The third kappa shape index (κ3) is 2.43.